The maximum absolute atomic E-state index is 11.7. The average Bonchev–Trinajstić information content (AvgIpc) is 2.52. The molecule has 0 heterocycles. The number of ether oxygens (including phenoxy) is 1. The number of nitrogens with zero attached hydrogens (tertiary/aromatic N) is 1. The van der Waals surface area contributed by atoms with Crippen molar-refractivity contribution in [3.05, 3.63) is 59.1 Å². The average molecular weight is 319 g/mol. The van der Waals surface area contributed by atoms with Crippen LogP contribution in [0.25, 0.3) is 0 Å². The third-order valence-corrected chi connectivity index (χ3v) is 3.05. The minimum Gasteiger partial charge on any atom is -0.508 e. The Hall–Kier alpha value is -2.53. The largest absolute Gasteiger partial charge is 0.508 e. The van der Waals surface area contributed by atoms with Crippen LogP contribution in [0, 0.1) is 0 Å². The van der Waals surface area contributed by atoms with Crippen LogP contribution in [0.1, 0.15) is 12.5 Å². The smallest absolute Gasteiger partial charge is 0.277 e. The van der Waals surface area contributed by atoms with Crippen LogP contribution in [0.15, 0.2) is 53.6 Å². The Morgan fingerprint density at radius 3 is 2.68 bits per heavy atom. The summed E-state index contributed by atoms with van der Waals surface area (Å²) in [6, 6.07) is 13.3. The molecule has 2 rings (SSSR count). The molecule has 5 nitrogen and oxygen atoms in total. The van der Waals surface area contributed by atoms with Gasteiger partial charge in [0, 0.05) is 10.6 Å². The molecule has 0 spiro atoms. The van der Waals surface area contributed by atoms with Crippen LogP contribution in [0.5, 0.6) is 11.5 Å². The molecule has 0 bridgehead atoms. The lowest BCUT2D eigenvalue weighted by molar-refractivity contribution is -0.123. The first-order chi connectivity index (χ1) is 10.5. The molecule has 2 aromatic rings. The van der Waals surface area contributed by atoms with E-state index in [-0.39, 0.29) is 18.3 Å². The van der Waals surface area contributed by atoms with Crippen LogP contribution in [0.3, 0.4) is 0 Å². The van der Waals surface area contributed by atoms with Gasteiger partial charge in [-0.3, -0.25) is 4.79 Å². The van der Waals surface area contributed by atoms with E-state index < -0.39 is 0 Å². The van der Waals surface area contributed by atoms with Crippen molar-refractivity contribution in [2.45, 2.75) is 6.92 Å². The molecule has 0 fully saturated rings. The summed E-state index contributed by atoms with van der Waals surface area (Å²) in [6.45, 7) is 1.58. The second-order valence-corrected chi connectivity index (χ2v) is 4.96. The van der Waals surface area contributed by atoms with E-state index in [1.54, 1.807) is 55.5 Å². The van der Waals surface area contributed by atoms with Gasteiger partial charge in [0.05, 0.1) is 5.71 Å². The van der Waals surface area contributed by atoms with E-state index in [4.69, 9.17) is 16.3 Å². The molecule has 0 aliphatic carbocycles. The summed E-state index contributed by atoms with van der Waals surface area (Å²) in [5, 5.41) is 14.0. The Bertz CT molecular complexity index is 684. The van der Waals surface area contributed by atoms with Crippen LogP contribution in [-0.4, -0.2) is 23.3 Å². The number of halogens is 1. The molecule has 22 heavy (non-hydrogen) atoms. The fourth-order valence-corrected chi connectivity index (χ4v) is 1.78. The van der Waals surface area contributed by atoms with Gasteiger partial charge in [0.25, 0.3) is 5.91 Å². The number of aromatic hydroxyl groups is 1. The molecule has 0 atom stereocenters. The maximum atomic E-state index is 11.7. The summed E-state index contributed by atoms with van der Waals surface area (Å²) in [7, 11) is 0. The third kappa shape index (κ3) is 4.79. The van der Waals surface area contributed by atoms with Gasteiger partial charge in [-0.2, -0.15) is 5.10 Å². The van der Waals surface area contributed by atoms with Crippen molar-refractivity contribution in [3.63, 3.8) is 0 Å². The second kappa shape index (κ2) is 7.47. The molecule has 0 unspecified atom stereocenters. The van der Waals surface area contributed by atoms with E-state index in [1.807, 2.05) is 0 Å². The van der Waals surface area contributed by atoms with Crippen molar-refractivity contribution in [2.24, 2.45) is 5.10 Å². The highest BCUT2D eigenvalue weighted by Gasteiger charge is 2.03. The highest BCUT2D eigenvalue weighted by molar-refractivity contribution is 6.30. The first-order valence-electron chi connectivity index (χ1n) is 6.55. The summed E-state index contributed by atoms with van der Waals surface area (Å²) < 4.78 is 5.30. The standard InChI is InChI=1S/C16H15ClN2O3/c1-11(12-3-2-4-14(20)9-12)18-19-16(21)10-22-15-7-5-13(17)6-8-15/h2-9,20H,10H2,1H3,(H,19,21). The van der Waals surface area contributed by atoms with Crippen LogP contribution in [0.2, 0.25) is 5.02 Å². The zero-order valence-electron chi connectivity index (χ0n) is 11.9. The summed E-state index contributed by atoms with van der Waals surface area (Å²) in [5.74, 6) is 0.312. The SMILES string of the molecule is CC(=NNC(=O)COc1ccc(Cl)cc1)c1cccc(O)c1. The van der Waals surface area contributed by atoms with Crippen molar-refractivity contribution in [2.75, 3.05) is 6.61 Å². The number of phenols is 1. The number of rotatable bonds is 5. The summed E-state index contributed by atoms with van der Waals surface area (Å²) >= 11 is 5.76. The number of carbonyl (C=O) groups excluding carboxylic acids is 1. The Balaban J connectivity index is 1.86. The Morgan fingerprint density at radius 1 is 1.27 bits per heavy atom. The highest BCUT2D eigenvalue weighted by atomic mass is 35.5. The van der Waals surface area contributed by atoms with Crippen molar-refractivity contribution < 1.29 is 14.6 Å². The van der Waals surface area contributed by atoms with Crippen molar-refractivity contribution in [1.82, 2.24) is 5.43 Å². The number of phenolic OH excluding ortho intramolecular Hbond substituents is 1. The molecule has 2 N–H and O–H groups in total. The molecular formula is C16H15ClN2O3. The second-order valence-electron chi connectivity index (χ2n) is 4.53. The number of hydrogen-bond acceptors (Lipinski definition) is 4. The molecule has 0 saturated carbocycles. The normalized spacial score (nSPS) is 11.1. The van der Waals surface area contributed by atoms with Crippen LogP contribution < -0.4 is 10.2 Å². The molecule has 0 aliphatic rings. The molecular weight excluding hydrogens is 304 g/mol. The van der Waals surface area contributed by atoms with Gasteiger partial charge in [-0.1, -0.05) is 23.7 Å². The van der Waals surface area contributed by atoms with Gasteiger partial charge in [0.2, 0.25) is 0 Å². The summed E-state index contributed by atoms with van der Waals surface area (Å²) in [6.07, 6.45) is 0. The number of amides is 1. The van der Waals surface area contributed by atoms with Crippen molar-refractivity contribution in [3.8, 4) is 11.5 Å². The van der Waals surface area contributed by atoms with E-state index >= 15 is 0 Å². The third-order valence-electron chi connectivity index (χ3n) is 2.80. The molecule has 6 heteroatoms. The quantitative estimate of drug-likeness (QED) is 0.657. The molecule has 0 saturated heterocycles. The Kier molecular flexibility index (Phi) is 5.38. The first-order valence-corrected chi connectivity index (χ1v) is 6.93. The van der Waals surface area contributed by atoms with Gasteiger partial charge in [0.15, 0.2) is 6.61 Å². The van der Waals surface area contributed by atoms with Gasteiger partial charge in [-0.25, -0.2) is 5.43 Å². The van der Waals surface area contributed by atoms with E-state index in [0.29, 0.717) is 16.5 Å². The van der Waals surface area contributed by atoms with E-state index in [0.717, 1.165) is 5.56 Å². The number of benzene rings is 2. The zero-order chi connectivity index (χ0) is 15.9. The minimum absolute atomic E-state index is 0.143. The zero-order valence-corrected chi connectivity index (χ0v) is 12.7. The van der Waals surface area contributed by atoms with Gasteiger partial charge >= 0.3 is 0 Å². The minimum atomic E-state index is -0.380. The van der Waals surface area contributed by atoms with E-state index in [2.05, 4.69) is 10.5 Å². The van der Waals surface area contributed by atoms with E-state index in [9.17, 15) is 9.90 Å². The van der Waals surface area contributed by atoms with Gasteiger partial charge in [-0.05, 0) is 43.3 Å². The molecule has 0 radical (unpaired) electrons. The number of hydrazone groups is 1. The lowest BCUT2D eigenvalue weighted by Crippen LogP contribution is -2.25. The number of carbonyl (C=O) groups is 1. The fraction of sp³-hybridized carbons (Fsp3) is 0.125. The van der Waals surface area contributed by atoms with Crippen LogP contribution >= 0.6 is 11.6 Å². The van der Waals surface area contributed by atoms with Crippen molar-refractivity contribution in [1.29, 1.82) is 0 Å². The molecule has 0 aromatic heterocycles. The lowest BCUT2D eigenvalue weighted by atomic mass is 10.1. The molecule has 0 aliphatic heterocycles. The molecule has 1 amide bonds. The van der Waals surface area contributed by atoms with Crippen LogP contribution in [0.4, 0.5) is 0 Å². The van der Waals surface area contributed by atoms with Gasteiger partial charge in [0.1, 0.15) is 11.5 Å². The Morgan fingerprint density at radius 2 is 2.00 bits per heavy atom. The van der Waals surface area contributed by atoms with Gasteiger partial charge in [-0.15, -0.1) is 0 Å². The fourth-order valence-electron chi connectivity index (χ4n) is 1.65. The maximum Gasteiger partial charge on any atom is 0.277 e. The Labute approximate surface area is 133 Å². The lowest BCUT2D eigenvalue weighted by Gasteiger charge is -2.06. The molecule has 2 aromatic carbocycles. The summed E-state index contributed by atoms with van der Waals surface area (Å²) in [5.41, 5.74) is 3.70. The number of hydrogen-bond donors (Lipinski definition) is 2. The predicted molar refractivity (Wildman–Crippen MR) is 85.4 cm³/mol. The number of nitrogens with one attached hydrogen (secondary N) is 1. The van der Waals surface area contributed by atoms with Crippen molar-refractivity contribution >= 4 is 23.2 Å². The monoisotopic (exact) mass is 318 g/mol. The highest BCUT2D eigenvalue weighted by Crippen LogP contribution is 2.15. The van der Waals surface area contributed by atoms with E-state index in [1.165, 1.54) is 0 Å². The van der Waals surface area contributed by atoms with Gasteiger partial charge < -0.3 is 9.84 Å². The topological polar surface area (TPSA) is 70.9 Å². The predicted octanol–water partition coefficient (Wildman–Crippen LogP) is 2.96. The summed E-state index contributed by atoms with van der Waals surface area (Å²) in [4.78, 5) is 11.7. The molecule has 114 valence electrons. The van der Waals surface area contributed by atoms with Crippen LogP contribution in [-0.2, 0) is 4.79 Å². The first kappa shape index (κ1) is 15.9.